The minimum absolute atomic E-state index is 0.338. The van der Waals surface area contributed by atoms with E-state index < -0.39 is 12.0 Å². The van der Waals surface area contributed by atoms with Crippen LogP contribution in [0.4, 0.5) is 0 Å². The summed E-state index contributed by atoms with van der Waals surface area (Å²) >= 11 is 3.43. The Balaban J connectivity index is 2.15. The van der Waals surface area contributed by atoms with E-state index in [1.54, 1.807) is 12.1 Å². The molecule has 0 saturated heterocycles. The number of carbonyl (C=O) groups is 2. The summed E-state index contributed by atoms with van der Waals surface area (Å²) in [6, 6.07) is 9.94. The van der Waals surface area contributed by atoms with Gasteiger partial charge < -0.3 is 10.1 Å². The lowest BCUT2D eigenvalue weighted by molar-refractivity contribution is -0.142. The molecular weight excluding hydrogens is 348 g/mol. The zero-order valence-electron chi connectivity index (χ0n) is 12.0. The van der Waals surface area contributed by atoms with Gasteiger partial charge in [-0.2, -0.15) is 0 Å². The third-order valence-corrected chi connectivity index (χ3v) is 3.89. The molecule has 1 aromatic heterocycles. The molecule has 22 heavy (non-hydrogen) atoms. The normalized spacial score (nSPS) is 11.5. The van der Waals surface area contributed by atoms with Crippen molar-refractivity contribution in [3.05, 3.63) is 64.4 Å². The molecule has 1 N–H and O–H groups in total. The number of rotatable bonds is 5. The van der Waals surface area contributed by atoms with Crippen LogP contribution in [-0.4, -0.2) is 30.0 Å². The molecule has 1 heterocycles. The molecule has 1 amide bonds. The zero-order chi connectivity index (χ0) is 15.9. The van der Waals surface area contributed by atoms with Crippen LogP contribution in [0.25, 0.3) is 0 Å². The number of halogens is 1. The summed E-state index contributed by atoms with van der Waals surface area (Å²) in [5.74, 6) is -0.831. The fourth-order valence-corrected chi connectivity index (χ4v) is 2.41. The van der Waals surface area contributed by atoms with Gasteiger partial charge in [0.1, 0.15) is 6.04 Å². The molecule has 1 aromatic carbocycles. The summed E-state index contributed by atoms with van der Waals surface area (Å²) in [6.45, 7) is 0. The van der Waals surface area contributed by atoms with Crippen LogP contribution in [0.1, 0.15) is 15.9 Å². The Morgan fingerprint density at radius 1 is 1.23 bits per heavy atom. The Morgan fingerprint density at radius 2 is 1.91 bits per heavy atom. The maximum atomic E-state index is 12.2. The number of carbonyl (C=O) groups excluding carboxylic acids is 2. The molecule has 0 aliphatic heterocycles. The van der Waals surface area contributed by atoms with E-state index in [-0.39, 0.29) is 5.91 Å². The van der Waals surface area contributed by atoms with Gasteiger partial charge in [-0.25, -0.2) is 4.79 Å². The van der Waals surface area contributed by atoms with Crippen molar-refractivity contribution in [3.8, 4) is 0 Å². The van der Waals surface area contributed by atoms with Crippen LogP contribution >= 0.6 is 15.9 Å². The highest BCUT2D eigenvalue weighted by Gasteiger charge is 2.23. The van der Waals surface area contributed by atoms with Gasteiger partial charge in [0.2, 0.25) is 0 Å². The molecule has 0 spiro atoms. The predicted octanol–water partition coefficient (Wildman–Crippen LogP) is 2.36. The number of benzene rings is 1. The lowest BCUT2D eigenvalue weighted by atomic mass is 10.1. The first kappa shape index (κ1) is 16.2. The SMILES string of the molecule is COC(=O)[C@@H](Cc1ccccc1Br)NC(=O)c1ccncc1. The highest BCUT2D eigenvalue weighted by Crippen LogP contribution is 2.18. The quantitative estimate of drug-likeness (QED) is 0.829. The van der Waals surface area contributed by atoms with Crippen LogP contribution in [0.3, 0.4) is 0 Å². The predicted molar refractivity (Wildman–Crippen MR) is 85.4 cm³/mol. The lowest BCUT2D eigenvalue weighted by Crippen LogP contribution is -2.43. The van der Waals surface area contributed by atoms with Crippen molar-refractivity contribution in [2.24, 2.45) is 0 Å². The minimum atomic E-state index is -0.760. The highest BCUT2D eigenvalue weighted by atomic mass is 79.9. The molecule has 2 rings (SSSR count). The first-order chi connectivity index (χ1) is 10.6. The number of methoxy groups -OCH3 is 1. The fraction of sp³-hybridized carbons (Fsp3) is 0.188. The molecule has 114 valence electrons. The number of aromatic nitrogens is 1. The molecule has 0 bridgehead atoms. The smallest absolute Gasteiger partial charge is 0.328 e. The molecule has 0 fully saturated rings. The molecule has 0 unspecified atom stereocenters. The number of nitrogens with zero attached hydrogens (tertiary/aromatic N) is 1. The number of pyridine rings is 1. The van der Waals surface area contributed by atoms with E-state index in [9.17, 15) is 9.59 Å². The Kier molecular flexibility index (Phi) is 5.66. The van der Waals surface area contributed by atoms with Gasteiger partial charge in [0.05, 0.1) is 7.11 Å². The molecule has 0 aliphatic rings. The summed E-state index contributed by atoms with van der Waals surface area (Å²) in [5, 5.41) is 2.70. The van der Waals surface area contributed by atoms with E-state index in [0.29, 0.717) is 12.0 Å². The third kappa shape index (κ3) is 4.14. The number of ether oxygens (including phenoxy) is 1. The van der Waals surface area contributed by atoms with Gasteiger partial charge in [0.15, 0.2) is 0 Å². The summed E-state index contributed by atoms with van der Waals surface area (Å²) in [4.78, 5) is 28.0. The van der Waals surface area contributed by atoms with Crippen molar-refractivity contribution in [3.63, 3.8) is 0 Å². The Morgan fingerprint density at radius 3 is 2.55 bits per heavy atom. The first-order valence-corrected chi connectivity index (χ1v) is 7.43. The van der Waals surface area contributed by atoms with Crippen LogP contribution in [0, 0.1) is 0 Å². The monoisotopic (exact) mass is 362 g/mol. The van der Waals surface area contributed by atoms with Crippen LogP contribution in [-0.2, 0) is 16.0 Å². The lowest BCUT2D eigenvalue weighted by Gasteiger charge is -2.17. The topological polar surface area (TPSA) is 68.3 Å². The van der Waals surface area contributed by atoms with Crippen molar-refractivity contribution < 1.29 is 14.3 Å². The molecule has 0 saturated carbocycles. The van der Waals surface area contributed by atoms with E-state index in [1.165, 1.54) is 19.5 Å². The van der Waals surface area contributed by atoms with Crippen molar-refractivity contribution in [1.82, 2.24) is 10.3 Å². The first-order valence-electron chi connectivity index (χ1n) is 6.64. The average Bonchev–Trinajstić information content (AvgIpc) is 2.56. The Labute approximate surface area is 136 Å². The van der Waals surface area contributed by atoms with Gasteiger partial charge in [0.25, 0.3) is 5.91 Å². The Bertz CT molecular complexity index is 661. The van der Waals surface area contributed by atoms with Gasteiger partial charge in [-0.1, -0.05) is 34.1 Å². The van der Waals surface area contributed by atoms with Gasteiger partial charge >= 0.3 is 5.97 Å². The van der Waals surface area contributed by atoms with Crippen LogP contribution in [0.15, 0.2) is 53.3 Å². The second kappa shape index (κ2) is 7.70. The zero-order valence-corrected chi connectivity index (χ0v) is 13.5. The van der Waals surface area contributed by atoms with Crippen LogP contribution < -0.4 is 5.32 Å². The van der Waals surface area contributed by atoms with E-state index in [1.807, 2.05) is 24.3 Å². The van der Waals surface area contributed by atoms with Crippen LogP contribution in [0.2, 0.25) is 0 Å². The van der Waals surface area contributed by atoms with E-state index in [2.05, 4.69) is 26.2 Å². The van der Waals surface area contributed by atoms with Crippen molar-refractivity contribution in [1.29, 1.82) is 0 Å². The number of hydrogen-bond acceptors (Lipinski definition) is 4. The van der Waals surface area contributed by atoms with Gasteiger partial charge in [0, 0.05) is 28.9 Å². The average molecular weight is 363 g/mol. The Hall–Kier alpha value is -2.21. The number of esters is 1. The molecule has 0 aliphatic carbocycles. The molecule has 1 atom stereocenters. The van der Waals surface area contributed by atoms with Gasteiger partial charge in [-0.15, -0.1) is 0 Å². The molecule has 6 heteroatoms. The third-order valence-electron chi connectivity index (χ3n) is 3.12. The van der Waals surface area contributed by atoms with E-state index in [4.69, 9.17) is 4.74 Å². The largest absolute Gasteiger partial charge is 0.467 e. The van der Waals surface area contributed by atoms with Crippen molar-refractivity contribution in [2.45, 2.75) is 12.5 Å². The molecular formula is C16H15BrN2O3. The maximum absolute atomic E-state index is 12.2. The summed E-state index contributed by atoms with van der Waals surface area (Å²) in [7, 11) is 1.30. The molecule has 0 radical (unpaired) electrons. The van der Waals surface area contributed by atoms with Gasteiger partial charge in [-0.05, 0) is 23.8 Å². The summed E-state index contributed by atoms with van der Waals surface area (Å²) < 4.78 is 5.66. The number of nitrogens with one attached hydrogen (secondary N) is 1. The summed E-state index contributed by atoms with van der Waals surface area (Å²) in [6.07, 6.45) is 3.39. The maximum Gasteiger partial charge on any atom is 0.328 e. The minimum Gasteiger partial charge on any atom is -0.467 e. The highest BCUT2D eigenvalue weighted by molar-refractivity contribution is 9.10. The summed E-state index contributed by atoms with van der Waals surface area (Å²) in [5.41, 5.74) is 1.35. The molecule has 2 aromatic rings. The number of hydrogen-bond donors (Lipinski definition) is 1. The molecule has 5 nitrogen and oxygen atoms in total. The van der Waals surface area contributed by atoms with Gasteiger partial charge in [-0.3, -0.25) is 9.78 Å². The second-order valence-electron chi connectivity index (χ2n) is 4.58. The number of amides is 1. The van der Waals surface area contributed by atoms with Crippen molar-refractivity contribution in [2.75, 3.05) is 7.11 Å². The van der Waals surface area contributed by atoms with Crippen LogP contribution in [0.5, 0.6) is 0 Å². The van der Waals surface area contributed by atoms with E-state index >= 15 is 0 Å². The van der Waals surface area contributed by atoms with E-state index in [0.717, 1.165) is 10.0 Å². The second-order valence-corrected chi connectivity index (χ2v) is 5.43. The van der Waals surface area contributed by atoms with Crippen molar-refractivity contribution >= 4 is 27.8 Å². The fourth-order valence-electron chi connectivity index (χ4n) is 1.96. The standard InChI is InChI=1S/C16H15BrN2O3/c1-22-16(21)14(10-12-4-2-3-5-13(12)17)19-15(20)11-6-8-18-9-7-11/h2-9,14H,10H2,1H3,(H,19,20)/t14-/m1/s1.